The fourth-order valence-corrected chi connectivity index (χ4v) is 13.8. The summed E-state index contributed by atoms with van der Waals surface area (Å²) in [4.78, 5) is 59.2. The third kappa shape index (κ3) is 6.12. The summed E-state index contributed by atoms with van der Waals surface area (Å²) in [6.45, 7) is 9.75. The Morgan fingerprint density at radius 3 is 2.55 bits per heavy atom. The monoisotopic (exact) mass is 824 g/mol. The Balaban J connectivity index is 0.865. The molecule has 12 nitrogen and oxygen atoms in total. The molecule has 0 amide bonds. The van der Waals surface area contributed by atoms with Crippen molar-refractivity contribution < 1.29 is 43.9 Å². The topological polar surface area (TPSA) is 174 Å². The number of hydrogen-bond donors (Lipinski definition) is 3. The van der Waals surface area contributed by atoms with Crippen molar-refractivity contribution in [1.82, 2.24) is 9.55 Å². The second-order valence-electron chi connectivity index (χ2n) is 19.5. The van der Waals surface area contributed by atoms with Crippen LogP contribution in [0, 0.1) is 46.3 Å². The van der Waals surface area contributed by atoms with Crippen molar-refractivity contribution in [1.29, 1.82) is 0 Å². The first-order chi connectivity index (χ1) is 28.7. The van der Waals surface area contributed by atoms with Crippen molar-refractivity contribution in [3.05, 3.63) is 62.9 Å². The van der Waals surface area contributed by atoms with E-state index in [9.17, 15) is 34.5 Å². The van der Waals surface area contributed by atoms with Crippen LogP contribution in [0.15, 0.2) is 35.1 Å². The highest BCUT2D eigenvalue weighted by Gasteiger charge is 2.65. The lowest BCUT2D eigenvalue weighted by Gasteiger charge is -2.63. The number of fused-ring (bicyclic) bond motifs is 10. The number of rotatable bonds is 9. The average Bonchev–Trinajstić information content (AvgIpc) is 3.79. The number of cyclic esters (lactones) is 1. The molecule has 9 rings (SSSR count). The molecule has 4 fully saturated rings. The molecule has 0 radical (unpaired) electrons. The number of esters is 3. The Labute approximate surface area is 351 Å². The lowest BCUT2D eigenvalue weighted by molar-refractivity contribution is -0.207. The van der Waals surface area contributed by atoms with Crippen molar-refractivity contribution in [2.45, 2.75) is 142 Å². The number of hydrogen-bond acceptors (Lipinski definition) is 11. The molecule has 0 saturated heterocycles. The molecule has 3 N–H and O–H groups in total. The maximum absolute atomic E-state index is 14.1. The van der Waals surface area contributed by atoms with E-state index in [4.69, 9.17) is 19.2 Å². The molecule has 60 heavy (non-hydrogen) atoms. The molecule has 4 heterocycles. The molecule has 3 aromatic rings. The first-order valence-electron chi connectivity index (χ1n) is 22.4. The normalized spacial score (nSPS) is 35.6. The van der Waals surface area contributed by atoms with Crippen LogP contribution in [-0.2, 0) is 53.8 Å². The zero-order valence-electron chi connectivity index (χ0n) is 35.6. The molecule has 9 unspecified atom stereocenters. The minimum atomic E-state index is -1.91. The van der Waals surface area contributed by atoms with E-state index < -0.39 is 47.7 Å². The standard InChI is InChI=1S/C48H60N2O10/c1-6-28-29-10-8-9-11-36(29)49-43-30(28)22-50-37(43)20-34-31(44(50)56)23-59-45(57)48(34,7-2)60-41(55)24-58-40(54)15-12-25(3)32-13-14-33-42-35(21-39(53)47(32,33)5)46(4)17-16-27(51)18-26(46)19-38(42)52/h8-11,20,25-27,32-33,35,38-39,42,51-53H,6-7,12-19,21-24H2,1-5H3/t25-,26?,27?,32?,33?,35?,38-,39?,42?,46?,47?,48+/m1/s1. The Hall–Kier alpha value is -4.13. The predicted octanol–water partition coefficient (Wildman–Crippen LogP) is 6.11. The van der Waals surface area contributed by atoms with Crippen LogP contribution in [0.3, 0.4) is 0 Å². The third-order valence-electron chi connectivity index (χ3n) is 17.0. The van der Waals surface area contributed by atoms with Gasteiger partial charge in [-0.1, -0.05) is 52.8 Å². The van der Waals surface area contributed by atoms with E-state index >= 15 is 0 Å². The van der Waals surface area contributed by atoms with Crippen LogP contribution >= 0.6 is 0 Å². The van der Waals surface area contributed by atoms with Gasteiger partial charge in [0.15, 0.2) is 6.61 Å². The van der Waals surface area contributed by atoms with E-state index in [1.807, 2.05) is 24.3 Å². The van der Waals surface area contributed by atoms with Crippen LogP contribution in [0.5, 0.6) is 0 Å². The molecule has 0 spiro atoms. The lowest BCUT2D eigenvalue weighted by Crippen LogP contribution is -2.62. The van der Waals surface area contributed by atoms with Gasteiger partial charge in [0.1, 0.15) is 6.61 Å². The van der Waals surface area contributed by atoms with E-state index in [2.05, 4.69) is 27.7 Å². The Morgan fingerprint density at radius 1 is 1.00 bits per heavy atom. The van der Waals surface area contributed by atoms with Crippen LogP contribution in [0.2, 0.25) is 0 Å². The van der Waals surface area contributed by atoms with Gasteiger partial charge in [-0.3, -0.25) is 9.59 Å². The molecule has 322 valence electrons. The molecular weight excluding hydrogens is 765 g/mol. The van der Waals surface area contributed by atoms with Gasteiger partial charge in [0.25, 0.3) is 5.56 Å². The van der Waals surface area contributed by atoms with Gasteiger partial charge in [-0.15, -0.1) is 0 Å². The fraction of sp³-hybridized carbons (Fsp3) is 0.646. The lowest BCUT2D eigenvalue weighted by atomic mass is 9.43. The molecule has 4 aliphatic carbocycles. The molecular formula is C48H60N2O10. The van der Waals surface area contributed by atoms with Crippen LogP contribution in [-0.4, -0.2) is 67.7 Å². The highest BCUT2D eigenvalue weighted by atomic mass is 16.6. The number of para-hydroxylation sites is 1. The smallest absolute Gasteiger partial charge is 0.355 e. The van der Waals surface area contributed by atoms with Gasteiger partial charge in [-0.05, 0) is 128 Å². The number of carbonyl (C=O) groups is 3. The number of nitrogens with zero attached hydrogens (tertiary/aromatic N) is 2. The molecule has 12 heteroatoms. The summed E-state index contributed by atoms with van der Waals surface area (Å²) in [7, 11) is 0. The van der Waals surface area contributed by atoms with E-state index in [0.717, 1.165) is 60.6 Å². The molecule has 6 aliphatic rings. The molecule has 2 aromatic heterocycles. The highest BCUT2D eigenvalue weighted by Crippen LogP contribution is 2.68. The number of aromatic nitrogens is 2. The van der Waals surface area contributed by atoms with Crippen LogP contribution < -0.4 is 5.56 Å². The first-order valence-corrected chi connectivity index (χ1v) is 22.4. The van der Waals surface area contributed by atoms with Gasteiger partial charge in [0.05, 0.1) is 47.3 Å². The van der Waals surface area contributed by atoms with E-state index in [1.54, 1.807) is 17.6 Å². The number of ether oxygens (including phenoxy) is 3. The number of benzene rings is 1. The van der Waals surface area contributed by atoms with Crippen molar-refractivity contribution >= 4 is 28.8 Å². The molecule has 12 atom stereocenters. The number of pyridine rings is 2. The van der Waals surface area contributed by atoms with Crippen molar-refractivity contribution in [2.24, 2.45) is 46.3 Å². The minimum absolute atomic E-state index is 0.00614. The van der Waals surface area contributed by atoms with Gasteiger partial charge in [-0.25, -0.2) is 14.6 Å². The van der Waals surface area contributed by atoms with Gasteiger partial charge < -0.3 is 34.1 Å². The summed E-state index contributed by atoms with van der Waals surface area (Å²) in [6.07, 6.45) is 5.55. The summed E-state index contributed by atoms with van der Waals surface area (Å²) < 4.78 is 18.5. The van der Waals surface area contributed by atoms with Gasteiger partial charge in [-0.2, -0.15) is 0 Å². The largest absolute Gasteiger partial charge is 0.457 e. The zero-order valence-corrected chi connectivity index (χ0v) is 35.6. The second-order valence-corrected chi connectivity index (χ2v) is 19.5. The van der Waals surface area contributed by atoms with Crippen molar-refractivity contribution in [2.75, 3.05) is 6.61 Å². The second kappa shape index (κ2) is 15.0. The maximum atomic E-state index is 14.1. The summed E-state index contributed by atoms with van der Waals surface area (Å²) in [6, 6.07) is 9.59. The van der Waals surface area contributed by atoms with Crippen LogP contribution in [0.1, 0.15) is 121 Å². The van der Waals surface area contributed by atoms with Gasteiger partial charge in [0, 0.05) is 22.9 Å². The Morgan fingerprint density at radius 2 is 1.78 bits per heavy atom. The zero-order chi connectivity index (χ0) is 42.5. The summed E-state index contributed by atoms with van der Waals surface area (Å²) in [5.74, 6) is -1.35. The van der Waals surface area contributed by atoms with E-state index in [0.29, 0.717) is 37.2 Å². The molecule has 0 bridgehead atoms. The number of aliphatic hydroxyl groups excluding tert-OH is 3. The summed E-state index contributed by atoms with van der Waals surface area (Å²) in [5, 5.41) is 35.0. The quantitative estimate of drug-likeness (QED) is 0.131. The first kappa shape index (κ1) is 41.2. The predicted molar refractivity (Wildman–Crippen MR) is 221 cm³/mol. The van der Waals surface area contributed by atoms with Crippen LogP contribution in [0.25, 0.3) is 22.3 Å². The number of aryl methyl sites for hydroxylation is 1. The van der Waals surface area contributed by atoms with E-state index in [1.165, 1.54) is 0 Å². The van der Waals surface area contributed by atoms with Gasteiger partial charge >= 0.3 is 17.9 Å². The average molecular weight is 825 g/mol. The Bertz CT molecular complexity index is 2310. The molecule has 4 saturated carbocycles. The summed E-state index contributed by atoms with van der Waals surface area (Å²) >= 11 is 0. The third-order valence-corrected chi connectivity index (χ3v) is 17.0. The Kier molecular flexibility index (Phi) is 10.3. The van der Waals surface area contributed by atoms with Crippen LogP contribution in [0.4, 0.5) is 0 Å². The SMILES string of the molecule is CCc1c2c(nc3ccccc13)-c1cc3c(c(=O)n1C2)COC(=O)[C@@]3(CC)OC(=O)COC(=O)CC[C@@H](C)C1CCC2C3C(CC(O)C21C)C1(C)CCC(O)CC1C[C@H]3O. The molecule has 1 aromatic carbocycles. The fourth-order valence-electron chi connectivity index (χ4n) is 13.8. The van der Waals surface area contributed by atoms with Gasteiger partial charge in [0.2, 0.25) is 5.60 Å². The van der Waals surface area contributed by atoms with Crippen molar-refractivity contribution in [3.8, 4) is 11.4 Å². The molecule has 2 aliphatic heterocycles. The summed E-state index contributed by atoms with van der Waals surface area (Å²) in [5.41, 5.74) is 1.91. The van der Waals surface area contributed by atoms with Crippen molar-refractivity contribution in [3.63, 3.8) is 0 Å². The number of carbonyl (C=O) groups excluding carboxylic acids is 3. The van der Waals surface area contributed by atoms with E-state index in [-0.39, 0.29) is 83.2 Å². The number of aliphatic hydroxyl groups is 3. The minimum Gasteiger partial charge on any atom is -0.457 e. The highest BCUT2D eigenvalue weighted by molar-refractivity contribution is 5.90. The maximum Gasteiger partial charge on any atom is 0.355 e.